The van der Waals surface area contributed by atoms with Crippen LogP contribution in [0.1, 0.15) is 17.0 Å². The van der Waals surface area contributed by atoms with E-state index in [0.29, 0.717) is 17.1 Å². The highest BCUT2D eigenvalue weighted by molar-refractivity contribution is 7.84. The molecule has 2 rings (SSSR count). The zero-order valence-corrected chi connectivity index (χ0v) is 12.2. The Hall–Kier alpha value is -1.95. The van der Waals surface area contributed by atoms with Crippen molar-refractivity contribution in [2.24, 2.45) is 0 Å². The van der Waals surface area contributed by atoms with Crippen molar-refractivity contribution in [3.05, 3.63) is 47.3 Å². The molecule has 1 amide bonds. The molecule has 20 heavy (non-hydrogen) atoms. The van der Waals surface area contributed by atoms with E-state index in [-0.39, 0.29) is 17.4 Å². The van der Waals surface area contributed by atoms with E-state index in [9.17, 15) is 9.00 Å². The summed E-state index contributed by atoms with van der Waals surface area (Å²) in [6, 6.07) is 9.17. The van der Waals surface area contributed by atoms with Gasteiger partial charge in [-0.15, -0.1) is 0 Å². The summed E-state index contributed by atoms with van der Waals surface area (Å²) in [7, 11) is -1.30. The number of carbonyl (C=O) groups excluding carboxylic acids is 1. The maximum atomic E-state index is 11.8. The zero-order chi connectivity index (χ0) is 14.5. The second-order valence-electron chi connectivity index (χ2n) is 4.57. The highest BCUT2D eigenvalue weighted by Gasteiger charge is 2.11. The molecule has 2 aromatic rings. The van der Waals surface area contributed by atoms with Gasteiger partial charge in [-0.05, 0) is 26.0 Å². The number of benzene rings is 1. The van der Waals surface area contributed by atoms with Crippen molar-refractivity contribution in [1.29, 1.82) is 0 Å². The van der Waals surface area contributed by atoms with Gasteiger partial charge in [-0.2, -0.15) is 0 Å². The van der Waals surface area contributed by atoms with Crippen molar-refractivity contribution in [3.63, 3.8) is 0 Å². The Bertz CT molecular complexity index is 620. The molecule has 0 aliphatic carbocycles. The van der Waals surface area contributed by atoms with Crippen LogP contribution in [0, 0.1) is 13.8 Å². The molecule has 0 radical (unpaired) electrons. The molecule has 0 aliphatic heterocycles. The molecule has 0 spiro atoms. The average molecular weight is 292 g/mol. The summed E-state index contributed by atoms with van der Waals surface area (Å²) in [4.78, 5) is 11.8. The predicted molar refractivity (Wildman–Crippen MR) is 77.8 cm³/mol. The van der Waals surface area contributed by atoms with Gasteiger partial charge in [0.2, 0.25) is 5.91 Å². The van der Waals surface area contributed by atoms with Gasteiger partial charge in [-0.25, -0.2) is 0 Å². The Labute approximate surface area is 119 Å². The summed E-state index contributed by atoms with van der Waals surface area (Å²) >= 11 is 0. The number of hydrogen-bond donors (Lipinski definition) is 1. The number of aromatic nitrogens is 1. The summed E-state index contributed by atoms with van der Waals surface area (Å²) in [5.74, 6) is 0.562. The van der Waals surface area contributed by atoms with Crippen LogP contribution >= 0.6 is 0 Å². The lowest BCUT2D eigenvalue weighted by atomic mass is 10.2. The molecule has 0 fully saturated rings. The second kappa shape index (κ2) is 6.47. The highest BCUT2D eigenvalue weighted by atomic mass is 32.2. The van der Waals surface area contributed by atoms with E-state index in [4.69, 9.17) is 4.52 Å². The fourth-order valence-corrected chi connectivity index (χ4v) is 2.61. The van der Waals surface area contributed by atoms with Crippen molar-refractivity contribution >= 4 is 22.4 Å². The van der Waals surface area contributed by atoms with Crippen LogP contribution in [0.5, 0.6) is 0 Å². The van der Waals surface area contributed by atoms with Crippen LogP contribution in [0.25, 0.3) is 0 Å². The first kappa shape index (κ1) is 14.5. The molecule has 1 atom stereocenters. The van der Waals surface area contributed by atoms with Gasteiger partial charge < -0.3 is 9.84 Å². The first-order valence-corrected chi connectivity index (χ1v) is 7.65. The van der Waals surface area contributed by atoms with Gasteiger partial charge in [0, 0.05) is 22.6 Å². The summed E-state index contributed by atoms with van der Waals surface area (Å²) < 4.78 is 16.7. The van der Waals surface area contributed by atoms with Crippen LogP contribution in [-0.2, 0) is 21.3 Å². The van der Waals surface area contributed by atoms with Crippen LogP contribution < -0.4 is 5.32 Å². The van der Waals surface area contributed by atoms with Crippen molar-refractivity contribution in [3.8, 4) is 0 Å². The number of rotatable bonds is 5. The SMILES string of the molecule is Cc1ccc(NC(=O)CS(=O)Cc2cc(C)on2)cc1. The van der Waals surface area contributed by atoms with Crippen molar-refractivity contribution in [2.45, 2.75) is 19.6 Å². The lowest BCUT2D eigenvalue weighted by molar-refractivity contribution is -0.113. The first-order valence-electron chi connectivity index (χ1n) is 6.16. The maximum Gasteiger partial charge on any atom is 0.237 e. The molecule has 1 N–H and O–H groups in total. The molecule has 1 aromatic carbocycles. The van der Waals surface area contributed by atoms with Crippen LogP contribution in [-0.4, -0.2) is 21.0 Å². The number of anilines is 1. The predicted octanol–water partition coefficient (Wildman–Crippen LogP) is 2.18. The number of amides is 1. The summed E-state index contributed by atoms with van der Waals surface area (Å²) in [5, 5.41) is 6.47. The van der Waals surface area contributed by atoms with Gasteiger partial charge in [0.1, 0.15) is 11.5 Å². The van der Waals surface area contributed by atoms with Gasteiger partial charge in [0.05, 0.1) is 11.4 Å². The minimum absolute atomic E-state index is 0.0558. The van der Waals surface area contributed by atoms with Crippen molar-refractivity contribution in [1.82, 2.24) is 5.16 Å². The summed E-state index contributed by atoms with van der Waals surface area (Å²) in [6.07, 6.45) is 0. The minimum Gasteiger partial charge on any atom is -0.361 e. The minimum atomic E-state index is -1.30. The molecule has 5 nitrogen and oxygen atoms in total. The number of aryl methyl sites for hydroxylation is 2. The quantitative estimate of drug-likeness (QED) is 0.916. The van der Waals surface area contributed by atoms with E-state index < -0.39 is 10.8 Å². The number of nitrogens with zero attached hydrogens (tertiary/aromatic N) is 1. The van der Waals surface area contributed by atoms with E-state index in [1.807, 2.05) is 31.2 Å². The number of nitrogens with one attached hydrogen (secondary N) is 1. The standard InChI is InChI=1S/C14H16N2O3S/c1-10-3-5-12(6-4-10)15-14(17)9-20(18)8-13-7-11(2)19-16-13/h3-7H,8-9H2,1-2H3,(H,15,17). The van der Waals surface area contributed by atoms with E-state index in [2.05, 4.69) is 10.5 Å². The fraction of sp³-hybridized carbons (Fsp3) is 0.286. The van der Waals surface area contributed by atoms with Crippen LogP contribution in [0.4, 0.5) is 5.69 Å². The lowest BCUT2D eigenvalue weighted by Crippen LogP contribution is -2.20. The van der Waals surface area contributed by atoms with E-state index in [0.717, 1.165) is 5.56 Å². The Morgan fingerprint density at radius 2 is 2.00 bits per heavy atom. The molecule has 1 unspecified atom stereocenters. The van der Waals surface area contributed by atoms with Gasteiger partial charge in [0.25, 0.3) is 0 Å². The van der Waals surface area contributed by atoms with Crippen LogP contribution in [0.3, 0.4) is 0 Å². The molecule has 0 aliphatic rings. The molecular weight excluding hydrogens is 276 g/mol. The highest BCUT2D eigenvalue weighted by Crippen LogP contribution is 2.09. The average Bonchev–Trinajstić information content (AvgIpc) is 2.77. The molecule has 0 saturated heterocycles. The third-order valence-electron chi connectivity index (χ3n) is 2.61. The van der Waals surface area contributed by atoms with Gasteiger partial charge >= 0.3 is 0 Å². The second-order valence-corrected chi connectivity index (χ2v) is 6.03. The summed E-state index contributed by atoms with van der Waals surface area (Å²) in [5.41, 5.74) is 2.42. The molecular formula is C14H16N2O3S. The lowest BCUT2D eigenvalue weighted by Gasteiger charge is -2.05. The third-order valence-corrected chi connectivity index (χ3v) is 3.81. The van der Waals surface area contributed by atoms with E-state index >= 15 is 0 Å². The largest absolute Gasteiger partial charge is 0.361 e. The summed E-state index contributed by atoms with van der Waals surface area (Å²) in [6.45, 7) is 3.74. The topological polar surface area (TPSA) is 72.2 Å². The normalized spacial score (nSPS) is 12.1. The third kappa shape index (κ3) is 4.31. The van der Waals surface area contributed by atoms with E-state index in [1.165, 1.54) is 0 Å². The van der Waals surface area contributed by atoms with Crippen molar-refractivity contribution < 1.29 is 13.5 Å². The van der Waals surface area contributed by atoms with Crippen molar-refractivity contribution in [2.75, 3.05) is 11.1 Å². The number of hydrogen-bond acceptors (Lipinski definition) is 4. The Balaban J connectivity index is 1.84. The Kier molecular flexibility index (Phi) is 4.68. The Morgan fingerprint density at radius 1 is 1.30 bits per heavy atom. The monoisotopic (exact) mass is 292 g/mol. The van der Waals surface area contributed by atoms with Gasteiger partial charge in [-0.3, -0.25) is 9.00 Å². The van der Waals surface area contributed by atoms with Gasteiger partial charge in [0.15, 0.2) is 0 Å². The number of carbonyl (C=O) groups is 1. The van der Waals surface area contributed by atoms with E-state index in [1.54, 1.807) is 13.0 Å². The maximum absolute atomic E-state index is 11.8. The van der Waals surface area contributed by atoms with Gasteiger partial charge in [-0.1, -0.05) is 22.9 Å². The fourth-order valence-electron chi connectivity index (χ4n) is 1.68. The van der Waals surface area contributed by atoms with Crippen LogP contribution in [0.2, 0.25) is 0 Å². The molecule has 106 valence electrons. The molecule has 1 aromatic heterocycles. The first-order chi connectivity index (χ1) is 9.52. The van der Waals surface area contributed by atoms with Crippen LogP contribution in [0.15, 0.2) is 34.9 Å². The molecule has 6 heteroatoms. The zero-order valence-electron chi connectivity index (χ0n) is 11.4. The smallest absolute Gasteiger partial charge is 0.237 e. The molecule has 0 saturated carbocycles. The molecule has 1 heterocycles. The Morgan fingerprint density at radius 3 is 2.60 bits per heavy atom. The molecule has 0 bridgehead atoms.